The summed E-state index contributed by atoms with van der Waals surface area (Å²) in [7, 11) is 1.37. The molecule has 1 aliphatic rings. The Morgan fingerprint density at radius 1 is 1.35 bits per heavy atom. The van der Waals surface area contributed by atoms with Crippen LogP contribution < -0.4 is 10.1 Å². The van der Waals surface area contributed by atoms with Gasteiger partial charge in [-0.2, -0.15) is 0 Å². The number of methoxy groups -OCH3 is 1. The summed E-state index contributed by atoms with van der Waals surface area (Å²) in [6, 6.07) is 5.62. The summed E-state index contributed by atoms with van der Waals surface area (Å²) in [6.07, 6.45) is 2.35. The van der Waals surface area contributed by atoms with E-state index in [0.29, 0.717) is 44.8 Å². The van der Waals surface area contributed by atoms with Crippen LogP contribution in [0, 0.1) is 12.8 Å². The van der Waals surface area contributed by atoms with Crippen LogP contribution in [0.25, 0.3) is 0 Å². The Bertz CT molecular complexity index is 1310. The number of nitrogens with one attached hydrogen (secondary N) is 1. The fraction of sp³-hybridized carbons (Fsp3) is 0.462. The number of ether oxygens (including phenoxy) is 2. The number of hydrogen-bond donors (Lipinski definition) is 1. The van der Waals surface area contributed by atoms with Gasteiger partial charge in [0.1, 0.15) is 10.8 Å². The summed E-state index contributed by atoms with van der Waals surface area (Å²) in [4.78, 5) is 26.6. The summed E-state index contributed by atoms with van der Waals surface area (Å²) >= 11 is 9.06. The first-order valence-corrected chi connectivity index (χ1v) is 14.4. The van der Waals surface area contributed by atoms with Crippen LogP contribution in [0.5, 0.6) is 5.75 Å². The Hall–Kier alpha value is -2.56. The molecule has 198 valence electrons. The molecule has 2 unspecified atom stereocenters. The van der Waals surface area contributed by atoms with Crippen molar-refractivity contribution < 1.29 is 19.1 Å². The van der Waals surface area contributed by atoms with E-state index in [2.05, 4.69) is 22.4 Å². The molecule has 4 rings (SSSR count). The minimum atomic E-state index is -0.409. The summed E-state index contributed by atoms with van der Waals surface area (Å²) < 4.78 is 13.0. The molecular weight excluding hydrogens is 532 g/mol. The fourth-order valence-electron chi connectivity index (χ4n) is 4.40. The van der Waals surface area contributed by atoms with Gasteiger partial charge in [0.2, 0.25) is 5.91 Å². The number of carbonyl (C=O) groups is 2. The molecule has 3 aromatic rings. The monoisotopic (exact) mass is 562 g/mol. The van der Waals surface area contributed by atoms with Crippen molar-refractivity contribution in [2.24, 2.45) is 5.92 Å². The lowest BCUT2D eigenvalue weighted by molar-refractivity contribution is -0.113. The minimum absolute atomic E-state index is 0.122. The van der Waals surface area contributed by atoms with Crippen LogP contribution in [-0.2, 0) is 28.9 Å². The standard InChI is InChI=1S/C26H31ClN4O4S2/c1-6-31-23(16(4)35-19-11-14(2)8-10-18(19)27)29-30-26(31)36-13-21(32)28-24-22(25(33)34-5)17-9-7-15(3)12-20(17)37-24/h8,10-11,15-16H,6-7,9,12-13H2,1-5H3,(H,28,32). The molecule has 8 nitrogen and oxygen atoms in total. The molecule has 0 spiro atoms. The molecular formula is C26H31ClN4O4S2. The first-order valence-electron chi connectivity index (χ1n) is 12.2. The molecule has 1 aliphatic carbocycles. The van der Waals surface area contributed by atoms with Gasteiger partial charge in [-0.05, 0) is 69.2 Å². The van der Waals surface area contributed by atoms with E-state index in [9.17, 15) is 9.59 Å². The van der Waals surface area contributed by atoms with E-state index >= 15 is 0 Å². The van der Waals surface area contributed by atoms with Gasteiger partial charge in [0.15, 0.2) is 17.1 Å². The number of thioether (sulfide) groups is 1. The first kappa shape index (κ1) is 27.5. The summed E-state index contributed by atoms with van der Waals surface area (Å²) in [5.41, 5.74) is 2.55. The molecule has 0 radical (unpaired) electrons. The van der Waals surface area contributed by atoms with E-state index in [1.165, 1.54) is 30.2 Å². The molecule has 0 aliphatic heterocycles. The number of aromatic nitrogens is 3. The molecule has 0 saturated heterocycles. The highest BCUT2D eigenvalue weighted by molar-refractivity contribution is 7.99. The Morgan fingerprint density at radius 3 is 2.86 bits per heavy atom. The zero-order chi connectivity index (χ0) is 26.7. The molecule has 0 fully saturated rings. The van der Waals surface area contributed by atoms with Gasteiger partial charge in [-0.1, -0.05) is 36.4 Å². The second-order valence-corrected chi connectivity index (χ2v) is 11.6. The fourth-order valence-corrected chi connectivity index (χ4v) is 6.78. The van der Waals surface area contributed by atoms with Gasteiger partial charge in [0, 0.05) is 11.4 Å². The van der Waals surface area contributed by atoms with Crippen LogP contribution in [-0.4, -0.2) is 39.5 Å². The third kappa shape index (κ3) is 6.13. The number of hydrogen-bond acceptors (Lipinski definition) is 8. The zero-order valence-electron chi connectivity index (χ0n) is 21.6. The molecule has 2 heterocycles. The van der Waals surface area contributed by atoms with Crippen molar-refractivity contribution in [2.45, 2.75) is 64.8 Å². The normalized spacial score (nSPS) is 15.7. The van der Waals surface area contributed by atoms with Crippen molar-refractivity contribution in [1.29, 1.82) is 0 Å². The van der Waals surface area contributed by atoms with Crippen LogP contribution in [0.2, 0.25) is 5.02 Å². The van der Waals surface area contributed by atoms with Crippen molar-refractivity contribution in [2.75, 3.05) is 18.2 Å². The van der Waals surface area contributed by atoms with Gasteiger partial charge in [0.05, 0.1) is 23.4 Å². The lowest BCUT2D eigenvalue weighted by Crippen LogP contribution is -2.17. The average molecular weight is 563 g/mol. The highest BCUT2D eigenvalue weighted by atomic mass is 35.5. The quantitative estimate of drug-likeness (QED) is 0.248. The Kier molecular flexibility index (Phi) is 8.82. The average Bonchev–Trinajstić information content (AvgIpc) is 3.44. The number of carbonyl (C=O) groups excluding carboxylic acids is 2. The van der Waals surface area contributed by atoms with Gasteiger partial charge in [-0.25, -0.2) is 4.79 Å². The van der Waals surface area contributed by atoms with Gasteiger partial charge in [0.25, 0.3) is 0 Å². The lowest BCUT2D eigenvalue weighted by atomic mass is 9.88. The molecule has 0 saturated carbocycles. The third-order valence-electron chi connectivity index (χ3n) is 6.30. The number of benzene rings is 1. The Labute approximate surface area is 230 Å². The van der Waals surface area contributed by atoms with Crippen LogP contribution in [0.1, 0.15) is 65.5 Å². The second-order valence-electron chi connectivity index (χ2n) is 9.16. The van der Waals surface area contributed by atoms with Crippen molar-refractivity contribution in [3.63, 3.8) is 0 Å². The van der Waals surface area contributed by atoms with Gasteiger partial charge < -0.3 is 19.4 Å². The predicted octanol–water partition coefficient (Wildman–Crippen LogP) is 6.10. The molecule has 1 amide bonds. The number of rotatable bonds is 9. The molecule has 1 aromatic carbocycles. The number of anilines is 1. The number of aryl methyl sites for hydroxylation is 1. The maximum Gasteiger partial charge on any atom is 0.341 e. The largest absolute Gasteiger partial charge is 0.481 e. The minimum Gasteiger partial charge on any atom is -0.481 e. The van der Waals surface area contributed by atoms with E-state index in [-0.39, 0.29) is 11.7 Å². The SMILES string of the molecule is CCn1c(SCC(=O)Nc2sc3c(c2C(=O)OC)CCC(C)C3)nnc1C(C)Oc1cc(C)ccc1Cl. The number of fused-ring (bicyclic) bond motifs is 1. The zero-order valence-corrected chi connectivity index (χ0v) is 24.0. The summed E-state index contributed by atoms with van der Waals surface area (Å²) in [6.45, 7) is 8.67. The number of nitrogens with zero attached hydrogens (tertiary/aromatic N) is 3. The van der Waals surface area contributed by atoms with Gasteiger partial charge in [-0.15, -0.1) is 21.5 Å². The summed E-state index contributed by atoms with van der Waals surface area (Å²) in [5.74, 6) is 1.28. The molecule has 2 aromatic heterocycles. The van der Waals surface area contributed by atoms with Gasteiger partial charge >= 0.3 is 5.97 Å². The van der Waals surface area contributed by atoms with Crippen LogP contribution >= 0.6 is 34.7 Å². The molecule has 0 bridgehead atoms. The third-order valence-corrected chi connectivity index (χ3v) is 8.75. The van der Waals surface area contributed by atoms with Crippen LogP contribution in [0.4, 0.5) is 5.00 Å². The van der Waals surface area contributed by atoms with E-state index in [1.807, 2.05) is 37.5 Å². The van der Waals surface area contributed by atoms with E-state index in [4.69, 9.17) is 21.1 Å². The van der Waals surface area contributed by atoms with E-state index < -0.39 is 12.1 Å². The Morgan fingerprint density at radius 2 is 2.14 bits per heavy atom. The molecule has 1 N–H and O–H groups in total. The molecule has 11 heteroatoms. The van der Waals surface area contributed by atoms with E-state index in [0.717, 1.165) is 35.3 Å². The second kappa shape index (κ2) is 11.9. The topological polar surface area (TPSA) is 95.3 Å². The first-order chi connectivity index (χ1) is 17.7. The van der Waals surface area contributed by atoms with E-state index in [1.54, 1.807) is 6.07 Å². The van der Waals surface area contributed by atoms with Crippen molar-refractivity contribution >= 4 is 51.6 Å². The number of esters is 1. The van der Waals surface area contributed by atoms with Crippen molar-refractivity contribution in [1.82, 2.24) is 14.8 Å². The number of amides is 1. The Balaban J connectivity index is 1.45. The number of halogens is 1. The predicted molar refractivity (Wildman–Crippen MR) is 147 cm³/mol. The van der Waals surface area contributed by atoms with Crippen LogP contribution in [0.15, 0.2) is 23.4 Å². The van der Waals surface area contributed by atoms with Gasteiger partial charge in [-0.3, -0.25) is 4.79 Å². The highest BCUT2D eigenvalue weighted by Gasteiger charge is 2.29. The smallest absolute Gasteiger partial charge is 0.341 e. The maximum absolute atomic E-state index is 12.9. The summed E-state index contributed by atoms with van der Waals surface area (Å²) in [5, 5.41) is 13.3. The maximum atomic E-state index is 12.9. The van der Waals surface area contributed by atoms with Crippen molar-refractivity contribution in [3.8, 4) is 5.75 Å². The van der Waals surface area contributed by atoms with Crippen molar-refractivity contribution in [3.05, 3.63) is 50.6 Å². The van der Waals surface area contributed by atoms with Crippen LogP contribution in [0.3, 0.4) is 0 Å². The highest BCUT2D eigenvalue weighted by Crippen LogP contribution is 2.40. The lowest BCUT2D eigenvalue weighted by Gasteiger charge is -2.18. The molecule has 2 atom stereocenters. The molecule has 37 heavy (non-hydrogen) atoms. The number of thiophene rings is 1.